The summed E-state index contributed by atoms with van der Waals surface area (Å²) in [5, 5.41) is 3.76. The van der Waals surface area contributed by atoms with Crippen LogP contribution in [0.3, 0.4) is 0 Å². The molecule has 0 heterocycles. The Morgan fingerprint density at radius 3 is 2.20 bits per heavy atom. The molecule has 0 unspecified atom stereocenters. The third kappa shape index (κ3) is 2.77. The van der Waals surface area contributed by atoms with Gasteiger partial charge in [-0.25, -0.2) is 0 Å². The first-order valence-electron chi connectivity index (χ1n) is 7.28. The Hall–Kier alpha value is -1.25. The Morgan fingerprint density at radius 1 is 1.00 bits per heavy atom. The molecule has 0 saturated heterocycles. The Bertz CT molecular complexity index is 534. The molecule has 3 rings (SSSR count). The van der Waals surface area contributed by atoms with Gasteiger partial charge in [-0.2, -0.15) is 11.8 Å². The zero-order valence-corrected chi connectivity index (χ0v) is 12.7. The van der Waals surface area contributed by atoms with Crippen LogP contribution in [0.1, 0.15) is 34.7 Å². The van der Waals surface area contributed by atoms with Crippen molar-refractivity contribution in [3.63, 3.8) is 0 Å². The fourth-order valence-corrected chi connectivity index (χ4v) is 3.44. The van der Waals surface area contributed by atoms with Gasteiger partial charge in [0, 0.05) is 0 Å². The average Bonchev–Trinajstić information content (AvgIpc) is 2.50. The highest BCUT2D eigenvalue weighted by molar-refractivity contribution is 7.98. The molecule has 1 nitrogen and oxygen atoms in total. The zero-order valence-electron chi connectivity index (χ0n) is 11.9. The van der Waals surface area contributed by atoms with Gasteiger partial charge in [0.2, 0.25) is 0 Å². The SMILES string of the molecule is CSCCCNC1c2ccccc2Cc2ccccc21. The molecule has 2 heteroatoms. The molecular weight excluding hydrogens is 262 g/mol. The Kier molecular flexibility index (Phi) is 4.44. The first-order valence-corrected chi connectivity index (χ1v) is 8.67. The number of nitrogens with one attached hydrogen (secondary N) is 1. The van der Waals surface area contributed by atoms with E-state index >= 15 is 0 Å². The summed E-state index contributed by atoms with van der Waals surface area (Å²) in [6.45, 7) is 1.08. The lowest BCUT2D eigenvalue weighted by molar-refractivity contribution is 0.585. The van der Waals surface area contributed by atoms with Gasteiger partial charge in [0.25, 0.3) is 0 Å². The van der Waals surface area contributed by atoms with Gasteiger partial charge in [0.15, 0.2) is 0 Å². The van der Waals surface area contributed by atoms with Crippen molar-refractivity contribution < 1.29 is 0 Å². The minimum atomic E-state index is 0.359. The molecule has 0 atom stereocenters. The molecule has 0 aromatic heterocycles. The van der Waals surface area contributed by atoms with E-state index in [9.17, 15) is 0 Å². The van der Waals surface area contributed by atoms with Gasteiger partial charge < -0.3 is 5.32 Å². The summed E-state index contributed by atoms with van der Waals surface area (Å²) < 4.78 is 0. The van der Waals surface area contributed by atoms with Gasteiger partial charge in [-0.3, -0.25) is 0 Å². The van der Waals surface area contributed by atoms with Crippen molar-refractivity contribution in [1.29, 1.82) is 0 Å². The third-order valence-corrected chi connectivity index (χ3v) is 4.68. The Balaban J connectivity index is 1.87. The molecule has 0 spiro atoms. The van der Waals surface area contributed by atoms with Gasteiger partial charge in [-0.1, -0.05) is 48.5 Å². The normalized spacial score (nSPS) is 13.8. The van der Waals surface area contributed by atoms with Crippen molar-refractivity contribution in [2.24, 2.45) is 0 Å². The molecule has 1 aliphatic rings. The average molecular weight is 283 g/mol. The smallest absolute Gasteiger partial charge is 0.0582 e. The summed E-state index contributed by atoms with van der Waals surface area (Å²) in [7, 11) is 0. The molecule has 104 valence electrons. The van der Waals surface area contributed by atoms with Crippen LogP contribution in [-0.2, 0) is 6.42 Å². The van der Waals surface area contributed by atoms with E-state index < -0.39 is 0 Å². The van der Waals surface area contributed by atoms with Gasteiger partial charge in [-0.15, -0.1) is 0 Å². The summed E-state index contributed by atoms with van der Waals surface area (Å²) >= 11 is 1.92. The maximum atomic E-state index is 3.76. The zero-order chi connectivity index (χ0) is 13.8. The number of hydrogen-bond donors (Lipinski definition) is 1. The molecule has 1 aliphatic carbocycles. The summed E-state index contributed by atoms with van der Waals surface area (Å²) in [4.78, 5) is 0. The van der Waals surface area contributed by atoms with Gasteiger partial charge in [0.1, 0.15) is 0 Å². The van der Waals surface area contributed by atoms with Crippen molar-refractivity contribution in [1.82, 2.24) is 5.32 Å². The maximum Gasteiger partial charge on any atom is 0.0582 e. The van der Waals surface area contributed by atoms with Crippen LogP contribution < -0.4 is 5.32 Å². The van der Waals surface area contributed by atoms with Gasteiger partial charge in [-0.05, 0) is 53.6 Å². The molecule has 0 amide bonds. The Labute approximate surface area is 125 Å². The third-order valence-electron chi connectivity index (χ3n) is 3.99. The van der Waals surface area contributed by atoms with Crippen LogP contribution in [0.2, 0.25) is 0 Å². The largest absolute Gasteiger partial charge is 0.306 e. The quantitative estimate of drug-likeness (QED) is 0.832. The molecule has 20 heavy (non-hydrogen) atoms. The van der Waals surface area contributed by atoms with Crippen molar-refractivity contribution in [2.45, 2.75) is 18.9 Å². The van der Waals surface area contributed by atoms with E-state index in [2.05, 4.69) is 60.1 Å². The van der Waals surface area contributed by atoms with Crippen molar-refractivity contribution in [3.05, 3.63) is 70.8 Å². The Morgan fingerprint density at radius 2 is 1.60 bits per heavy atom. The monoisotopic (exact) mass is 283 g/mol. The lowest BCUT2D eigenvalue weighted by Gasteiger charge is -2.29. The van der Waals surface area contributed by atoms with Crippen LogP contribution >= 0.6 is 11.8 Å². The second-order valence-corrected chi connectivity index (χ2v) is 6.29. The second kappa shape index (κ2) is 6.47. The molecule has 0 saturated carbocycles. The van der Waals surface area contributed by atoms with E-state index in [1.807, 2.05) is 11.8 Å². The summed E-state index contributed by atoms with van der Waals surface area (Å²) in [5.74, 6) is 1.23. The molecular formula is C18H21NS. The van der Waals surface area contributed by atoms with Crippen LogP contribution in [0.15, 0.2) is 48.5 Å². The molecule has 2 aromatic carbocycles. The number of thioether (sulfide) groups is 1. The number of fused-ring (bicyclic) bond motifs is 2. The van der Waals surface area contributed by atoms with Crippen molar-refractivity contribution >= 4 is 11.8 Å². The van der Waals surface area contributed by atoms with Crippen LogP contribution in [0.5, 0.6) is 0 Å². The molecule has 0 bridgehead atoms. The lowest BCUT2D eigenvalue weighted by Crippen LogP contribution is -2.28. The van der Waals surface area contributed by atoms with Crippen LogP contribution in [0.25, 0.3) is 0 Å². The highest BCUT2D eigenvalue weighted by Crippen LogP contribution is 2.34. The first-order chi connectivity index (χ1) is 9.90. The number of hydrogen-bond acceptors (Lipinski definition) is 2. The number of rotatable bonds is 5. The van der Waals surface area contributed by atoms with E-state index in [0.29, 0.717) is 6.04 Å². The fourth-order valence-electron chi connectivity index (χ4n) is 3.01. The van der Waals surface area contributed by atoms with E-state index in [4.69, 9.17) is 0 Å². The molecule has 0 fully saturated rings. The molecule has 0 radical (unpaired) electrons. The topological polar surface area (TPSA) is 12.0 Å². The van der Waals surface area contributed by atoms with Gasteiger partial charge >= 0.3 is 0 Å². The standard InChI is InChI=1S/C18H21NS/c1-20-12-6-11-19-18-16-9-4-2-7-14(16)13-15-8-3-5-10-17(15)18/h2-5,7-10,18-19H,6,11-13H2,1H3. The second-order valence-electron chi connectivity index (χ2n) is 5.31. The first kappa shape index (κ1) is 13.7. The van der Waals surface area contributed by atoms with E-state index in [1.54, 1.807) is 0 Å². The molecule has 0 aliphatic heterocycles. The van der Waals surface area contributed by atoms with E-state index in [0.717, 1.165) is 13.0 Å². The molecule has 2 aromatic rings. The lowest BCUT2D eigenvalue weighted by atomic mass is 9.82. The highest BCUT2D eigenvalue weighted by Gasteiger charge is 2.23. The van der Waals surface area contributed by atoms with Crippen LogP contribution in [0.4, 0.5) is 0 Å². The minimum absolute atomic E-state index is 0.359. The van der Waals surface area contributed by atoms with E-state index in [1.165, 1.54) is 34.4 Å². The predicted octanol–water partition coefficient (Wildman–Crippen LogP) is 4.02. The summed E-state index contributed by atoms with van der Waals surface area (Å²) in [5.41, 5.74) is 5.84. The molecule has 1 N–H and O–H groups in total. The highest BCUT2D eigenvalue weighted by atomic mass is 32.2. The summed E-state index contributed by atoms with van der Waals surface area (Å²) in [6, 6.07) is 18.1. The van der Waals surface area contributed by atoms with Crippen molar-refractivity contribution in [3.8, 4) is 0 Å². The fraction of sp³-hybridized carbons (Fsp3) is 0.333. The van der Waals surface area contributed by atoms with Crippen LogP contribution in [0, 0.1) is 0 Å². The number of benzene rings is 2. The summed E-state index contributed by atoms with van der Waals surface area (Å²) in [6.07, 6.45) is 4.46. The minimum Gasteiger partial charge on any atom is -0.306 e. The van der Waals surface area contributed by atoms with E-state index in [-0.39, 0.29) is 0 Å². The van der Waals surface area contributed by atoms with Crippen molar-refractivity contribution in [2.75, 3.05) is 18.6 Å². The van der Waals surface area contributed by atoms with Gasteiger partial charge in [0.05, 0.1) is 6.04 Å². The predicted molar refractivity (Wildman–Crippen MR) is 88.5 cm³/mol. The van der Waals surface area contributed by atoms with Crippen LogP contribution in [-0.4, -0.2) is 18.6 Å². The maximum absolute atomic E-state index is 3.76.